The van der Waals surface area contributed by atoms with Gasteiger partial charge in [0, 0.05) is 24.2 Å². The lowest BCUT2D eigenvalue weighted by atomic mass is 10.1. The Bertz CT molecular complexity index is 1080. The van der Waals surface area contributed by atoms with Crippen LogP contribution in [0.5, 0.6) is 11.5 Å². The highest BCUT2D eigenvalue weighted by Gasteiger charge is 2.18. The number of hydrogen-bond donors (Lipinski definition) is 1. The van der Waals surface area contributed by atoms with Gasteiger partial charge in [-0.25, -0.2) is 0 Å². The van der Waals surface area contributed by atoms with E-state index in [-0.39, 0.29) is 11.7 Å². The molecule has 0 saturated heterocycles. The van der Waals surface area contributed by atoms with Crippen molar-refractivity contribution in [2.45, 2.75) is 38.9 Å². The van der Waals surface area contributed by atoms with E-state index in [1.807, 2.05) is 55.7 Å². The first kappa shape index (κ1) is 21.2. The molecule has 3 aromatic rings. The van der Waals surface area contributed by atoms with Gasteiger partial charge in [-0.1, -0.05) is 17.8 Å². The second-order valence-corrected chi connectivity index (χ2v) is 8.42. The summed E-state index contributed by atoms with van der Waals surface area (Å²) in [5.74, 6) is 2.41. The van der Waals surface area contributed by atoms with Gasteiger partial charge in [0.15, 0.2) is 22.5 Å². The Hall–Kier alpha value is -3.00. The monoisotopic (exact) mass is 438 g/mol. The van der Waals surface area contributed by atoms with Gasteiger partial charge in [-0.15, -0.1) is 10.2 Å². The molecule has 8 heteroatoms. The maximum atomic E-state index is 12.5. The molecule has 162 valence electrons. The third-order valence-electron chi connectivity index (χ3n) is 4.88. The fourth-order valence-corrected chi connectivity index (χ4v) is 4.37. The van der Waals surface area contributed by atoms with Crippen LogP contribution in [-0.4, -0.2) is 39.6 Å². The molecule has 0 saturated carbocycles. The summed E-state index contributed by atoms with van der Waals surface area (Å²) in [7, 11) is 0. The quantitative estimate of drug-likeness (QED) is 0.572. The maximum Gasteiger partial charge on any atom is 0.234 e. The minimum Gasteiger partial charge on any atom is -0.490 e. The smallest absolute Gasteiger partial charge is 0.234 e. The molecule has 1 aliphatic heterocycles. The van der Waals surface area contributed by atoms with Crippen molar-refractivity contribution < 1.29 is 14.3 Å². The van der Waals surface area contributed by atoms with Crippen LogP contribution < -0.4 is 14.8 Å². The van der Waals surface area contributed by atoms with Crippen molar-refractivity contribution in [3.05, 3.63) is 47.5 Å². The summed E-state index contributed by atoms with van der Waals surface area (Å²) in [6, 6.07) is 11.8. The summed E-state index contributed by atoms with van der Waals surface area (Å²) < 4.78 is 13.5. The molecular formula is C23H26N4O3S. The molecule has 4 rings (SSSR count). The molecule has 0 radical (unpaired) electrons. The Morgan fingerprint density at radius 1 is 1.06 bits per heavy atom. The molecular weight excluding hydrogens is 412 g/mol. The van der Waals surface area contributed by atoms with E-state index in [1.54, 1.807) is 0 Å². The van der Waals surface area contributed by atoms with Crippen LogP contribution >= 0.6 is 11.8 Å². The van der Waals surface area contributed by atoms with Crippen molar-refractivity contribution in [2.75, 3.05) is 24.3 Å². The third-order valence-corrected chi connectivity index (χ3v) is 5.84. The molecule has 1 aliphatic rings. The molecule has 1 amide bonds. The molecule has 1 N–H and O–H groups in total. The fraction of sp³-hybridized carbons (Fsp3) is 0.348. The van der Waals surface area contributed by atoms with E-state index in [0.29, 0.717) is 24.9 Å². The third kappa shape index (κ3) is 5.02. The molecule has 1 aromatic heterocycles. The van der Waals surface area contributed by atoms with Gasteiger partial charge in [0.2, 0.25) is 5.91 Å². The second-order valence-electron chi connectivity index (χ2n) is 7.48. The molecule has 7 nitrogen and oxygen atoms in total. The van der Waals surface area contributed by atoms with Crippen LogP contribution in [0.3, 0.4) is 0 Å². The summed E-state index contributed by atoms with van der Waals surface area (Å²) in [4.78, 5) is 12.5. The minimum absolute atomic E-state index is 0.0715. The zero-order valence-corrected chi connectivity index (χ0v) is 18.8. The number of aromatic nitrogens is 3. The van der Waals surface area contributed by atoms with E-state index in [1.165, 1.54) is 11.8 Å². The van der Waals surface area contributed by atoms with Gasteiger partial charge in [0.25, 0.3) is 0 Å². The Kier molecular flexibility index (Phi) is 6.46. The van der Waals surface area contributed by atoms with Crippen LogP contribution in [0.25, 0.3) is 11.4 Å². The van der Waals surface area contributed by atoms with Gasteiger partial charge in [0.05, 0.1) is 19.0 Å². The van der Waals surface area contributed by atoms with Gasteiger partial charge in [-0.05, 0) is 62.2 Å². The van der Waals surface area contributed by atoms with E-state index >= 15 is 0 Å². The van der Waals surface area contributed by atoms with Crippen molar-refractivity contribution in [1.82, 2.24) is 14.8 Å². The van der Waals surface area contributed by atoms with Crippen molar-refractivity contribution in [3.8, 4) is 22.9 Å². The number of fused-ring (bicyclic) bond motifs is 1. The highest BCUT2D eigenvalue weighted by Crippen LogP contribution is 2.34. The molecule has 0 atom stereocenters. The highest BCUT2D eigenvalue weighted by atomic mass is 32.2. The first-order chi connectivity index (χ1) is 15.0. The number of amides is 1. The van der Waals surface area contributed by atoms with E-state index < -0.39 is 0 Å². The predicted octanol–water partition coefficient (Wildman–Crippen LogP) is 4.47. The van der Waals surface area contributed by atoms with Crippen molar-refractivity contribution in [2.24, 2.45) is 0 Å². The molecule has 0 bridgehead atoms. The Balaban J connectivity index is 1.47. The van der Waals surface area contributed by atoms with Gasteiger partial charge < -0.3 is 19.4 Å². The van der Waals surface area contributed by atoms with Crippen LogP contribution in [0.2, 0.25) is 0 Å². The number of benzene rings is 2. The number of ether oxygens (including phenoxy) is 2. The van der Waals surface area contributed by atoms with Gasteiger partial charge in [0.1, 0.15) is 0 Å². The van der Waals surface area contributed by atoms with Crippen LogP contribution in [0, 0.1) is 13.8 Å². The average Bonchev–Trinajstić information content (AvgIpc) is 3.00. The largest absolute Gasteiger partial charge is 0.490 e. The van der Waals surface area contributed by atoms with Crippen LogP contribution in [0.1, 0.15) is 24.5 Å². The Labute approximate surface area is 186 Å². The van der Waals surface area contributed by atoms with E-state index in [4.69, 9.17) is 9.47 Å². The standard InChI is InChI=1S/C23H26N4O3S/c1-4-27-22(17-6-7-19-20(13-17)30-9-5-8-29-19)25-26-23(27)31-14-21(28)24-18-11-15(2)10-16(3)12-18/h6-7,10-13H,4-5,8-9,14H2,1-3H3,(H,24,28). The topological polar surface area (TPSA) is 78.3 Å². The molecule has 31 heavy (non-hydrogen) atoms. The van der Waals surface area contributed by atoms with E-state index in [0.717, 1.165) is 46.1 Å². The first-order valence-electron chi connectivity index (χ1n) is 10.4. The van der Waals surface area contributed by atoms with Crippen LogP contribution in [0.4, 0.5) is 5.69 Å². The van der Waals surface area contributed by atoms with E-state index in [2.05, 4.69) is 21.6 Å². The highest BCUT2D eigenvalue weighted by molar-refractivity contribution is 7.99. The fourth-order valence-electron chi connectivity index (χ4n) is 3.57. The first-order valence-corrected chi connectivity index (χ1v) is 11.4. The number of thioether (sulfide) groups is 1. The number of carbonyl (C=O) groups is 1. The number of carbonyl (C=O) groups excluding carboxylic acids is 1. The Morgan fingerprint density at radius 3 is 2.55 bits per heavy atom. The Morgan fingerprint density at radius 2 is 1.81 bits per heavy atom. The molecule has 0 spiro atoms. The maximum absolute atomic E-state index is 12.5. The number of aryl methyl sites for hydroxylation is 2. The molecule has 0 aliphatic carbocycles. The predicted molar refractivity (Wildman–Crippen MR) is 122 cm³/mol. The normalized spacial score (nSPS) is 13.0. The van der Waals surface area contributed by atoms with Gasteiger partial charge >= 0.3 is 0 Å². The summed E-state index contributed by atoms with van der Waals surface area (Å²) in [5.41, 5.74) is 3.96. The molecule has 0 unspecified atom stereocenters. The SMILES string of the molecule is CCn1c(SCC(=O)Nc2cc(C)cc(C)c2)nnc1-c1ccc2c(c1)OCCCO2. The van der Waals surface area contributed by atoms with E-state index in [9.17, 15) is 4.79 Å². The lowest BCUT2D eigenvalue weighted by Gasteiger charge is -2.11. The van der Waals surface area contributed by atoms with Crippen LogP contribution in [-0.2, 0) is 11.3 Å². The number of nitrogens with one attached hydrogen (secondary N) is 1. The van der Waals surface area contributed by atoms with Gasteiger partial charge in [-0.2, -0.15) is 0 Å². The van der Waals surface area contributed by atoms with Gasteiger partial charge in [-0.3, -0.25) is 4.79 Å². The number of nitrogens with zero attached hydrogens (tertiary/aromatic N) is 3. The lowest BCUT2D eigenvalue weighted by molar-refractivity contribution is -0.113. The van der Waals surface area contributed by atoms with Crippen molar-refractivity contribution >= 4 is 23.4 Å². The van der Waals surface area contributed by atoms with Crippen molar-refractivity contribution in [3.63, 3.8) is 0 Å². The second kappa shape index (κ2) is 9.43. The summed E-state index contributed by atoms with van der Waals surface area (Å²) in [5, 5.41) is 12.4. The number of anilines is 1. The summed E-state index contributed by atoms with van der Waals surface area (Å²) in [6.07, 6.45) is 0.861. The summed E-state index contributed by atoms with van der Waals surface area (Å²) >= 11 is 1.38. The van der Waals surface area contributed by atoms with Crippen molar-refractivity contribution in [1.29, 1.82) is 0 Å². The lowest BCUT2D eigenvalue weighted by Crippen LogP contribution is -2.15. The zero-order chi connectivity index (χ0) is 21.8. The number of rotatable bonds is 6. The molecule has 2 aromatic carbocycles. The number of hydrogen-bond acceptors (Lipinski definition) is 6. The molecule has 2 heterocycles. The zero-order valence-electron chi connectivity index (χ0n) is 18.0. The minimum atomic E-state index is -0.0715. The summed E-state index contributed by atoms with van der Waals surface area (Å²) in [6.45, 7) is 8.05. The van der Waals surface area contributed by atoms with Crippen LogP contribution in [0.15, 0.2) is 41.6 Å². The molecule has 0 fully saturated rings. The average molecular weight is 439 g/mol.